The summed E-state index contributed by atoms with van der Waals surface area (Å²) in [6.45, 7) is 4.92. The number of carbonyl (C=O) groups excluding carboxylic acids is 2. The Morgan fingerprint density at radius 1 is 1.29 bits per heavy atom. The van der Waals surface area contributed by atoms with Crippen LogP contribution in [0.15, 0.2) is 22.7 Å². The van der Waals surface area contributed by atoms with E-state index in [4.69, 9.17) is 32.5 Å². The van der Waals surface area contributed by atoms with Crippen LogP contribution in [0.5, 0.6) is 0 Å². The molecule has 0 saturated heterocycles. The molecule has 1 heterocycles. The summed E-state index contributed by atoms with van der Waals surface area (Å²) in [5.41, 5.74) is 1.16. The molecule has 6 nitrogen and oxygen atoms in total. The van der Waals surface area contributed by atoms with Crippen LogP contribution in [0.3, 0.4) is 0 Å². The molecule has 128 valence electrons. The van der Waals surface area contributed by atoms with Crippen LogP contribution < -0.4 is 5.32 Å². The number of benzene rings is 1. The summed E-state index contributed by atoms with van der Waals surface area (Å²) in [4.78, 5) is 24.4. The van der Waals surface area contributed by atoms with Gasteiger partial charge in [-0.3, -0.25) is 4.79 Å². The number of carbonyl (C=O) groups is 2. The Balaban J connectivity index is 2.05. The predicted molar refractivity (Wildman–Crippen MR) is 90.6 cm³/mol. The first-order valence-electron chi connectivity index (χ1n) is 7.25. The van der Waals surface area contributed by atoms with Gasteiger partial charge < -0.3 is 14.6 Å². The second-order valence-corrected chi connectivity index (χ2v) is 5.98. The van der Waals surface area contributed by atoms with Crippen LogP contribution in [-0.4, -0.2) is 23.1 Å². The molecule has 1 atom stereocenters. The molecule has 8 heteroatoms. The summed E-state index contributed by atoms with van der Waals surface area (Å²) < 4.78 is 10.2. The van der Waals surface area contributed by atoms with Gasteiger partial charge in [0.05, 0.1) is 5.69 Å². The Kier molecular flexibility index (Phi) is 5.85. The molecule has 0 saturated carbocycles. The zero-order valence-electron chi connectivity index (χ0n) is 13.4. The Morgan fingerprint density at radius 2 is 1.92 bits per heavy atom. The lowest BCUT2D eigenvalue weighted by Gasteiger charge is -2.14. The maximum absolute atomic E-state index is 12.2. The molecule has 1 N–H and O–H groups in total. The first kappa shape index (κ1) is 18.3. The van der Waals surface area contributed by atoms with E-state index in [1.807, 2.05) is 6.92 Å². The highest BCUT2D eigenvalue weighted by molar-refractivity contribution is 6.35. The van der Waals surface area contributed by atoms with E-state index in [1.54, 1.807) is 25.1 Å². The Hall–Kier alpha value is -2.05. The molecule has 0 aliphatic rings. The Labute approximate surface area is 149 Å². The van der Waals surface area contributed by atoms with E-state index in [0.29, 0.717) is 33.6 Å². The predicted octanol–water partition coefficient (Wildman–Crippen LogP) is 4.04. The summed E-state index contributed by atoms with van der Waals surface area (Å²) in [6.07, 6.45) is -0.502. The highest BCUT2D eigenvalue weighted by Crippen LogP contribution is 2.23. The van der Waals surface area contributed by atoms with E-state index in [0.717, 1.165) is 0 Å². The summed E-state index contributed by atoms with van der Waals surface area (Å²) >= 11 is 11.8. The zero-order valence-corrected chi connectivity index (χ0v) is 14.9. The topological polar surface area (TPSA) is 81.4 Å². The largest absolute Gasteiger partial charge is 0.449 e. The van der Waals surface area contributed by atoms with Crippen molar-refractivity contribution in [3.8, 4) is 0 Å². The van der Waals surface area contributed by atoms with Crippen LogP contribution in [0.2, 0.25) is 10.0 Å². The molecule has 1 amide bonds. The van der Waals surface area contributed by atoms with Gasteiger partial charge in [-0.2, -0.15) is 0 Å². The normalized spacial score (nSPS) is 11.9. The number of ether oxygens (including phenoxy) is 1. The first-order chi connectivity index (χ1) is 11.3. The maximum Gasteiger partial charge on any atom is 0.344 e. The van der Waals surface area contributed by atoms with Crippen molar-refractivity contribution in [2.75, 3.05) is 5.32 Å². The quantitative estimate of drug-likeness (QED) is 0.803. The number of amides is 1. The first-order valence-corrected chi connectivity index (χ1v) is 8.00. The number of hydrogen-bond donors (Lipinski definition) is 1. The molecule has 1 aromatic heterocycles. The van der Waals surface area contributed by atoms with Crippen molar-refractivity contribution < 1.29 is 18.8 Å². The van der Waals surface area contributed by atoms with E-state index in [9.17, 15) is 9.59 Å². The minimum Gasteiger partial charge on any atom is -0.449 e. The molecular formula is C16H16Cl2N2O4. The van der Waals surface area contributed by atoms with Crippen molar-refractivity contribution in [1.82, 2.24) is 5.16 Å². The number of nitrogens with zero attached hydrogens (tertiary/aromatic N) is 1. The number of nitrogens with one attached hydrogen (secondary N) is 1. The molecule has 1 aromatic carbocycles. The fourth-order valence-electron chi connectivity index (χ4n) is 2.06. The third-order valence-corrected chi connectivity index (χ3v) is 3.69. The van der Waals surface area contributed by atoms with E-state index in [1.165, 1.54) is 6.92 Å². The molecule has 2 aromatic rings. The van der Waals surface area contributed by atoms with Crippen molar-refractivity contribution in [1.29, 1.82) is 0 Å². The zero-order chi connectivity index (χ0) is 17.9. The van der Waals surface area contributed by atoms with E-state index < -0.39 is 18.0 Å². The molecule has 0 bridgehead atoms. The fraction of sp³-hybridized carbons (Fsp3) is 0.312. The molecule has 0 fully saturated rings. The van der Waals surface area contributed by atoms with Crippen LogP contribution >= 0.6 is 23.2 Å². The van der Waals surface area contributed by atoms with Crippen molar-refractivity contribution in [3.05, 3.63) is 45.3 Å². The van der Waals surface area contributed by atoms with Gasteiger partial charge in [0.1, 0.15) is 11.3 Å². The van der Waals surface area contributed by atoms with Crippen LogP contribution in [0.25, 0.3) is 0 Å². The highest BCUT2D eigenvalue weighted by Gasteiger charge is 2.25. The molecule has 2 rings (SSSR count). The van der Waals surface area contributed by atoms with Crippen molar-refractivity contribution in [2.24, 2.45) is 0 Å². The minimum absolute atomic E-state index is 0.253. The SMILES string of the molecule is CCc1noc(C)c1C(=O)O[C@@H](C)C(=O)Nc1cc(Cl)cc(Cl)c1. The molecule has 0 aliphatic carbocycles. The minimum atomic E-state index is -1.02. The van der Waals surface area contributed by atoms with E-state index >= 15 is 0 Å². The van der Waals surface area contributed by atoms with Crippen LogP contribution in [0.4, 0.5) is 5.69 Å². The second kappa shape index (κ2) is 7.68. The lowest BCUT2D eigenvalue weighted by molar-refractivity contribution is -0.123. The number of halogens is 2. The standard InChI is InChI=1S/C16H16Cl2N2O4/c1-4-13-14(8(2)24-20-13)16(22)23-9(3)15(21)19-12-6-10(17)5-11(18)7-12/h5-7,9H,4H2,1-3H3,(H,19,21)/t9-/m0/s1. The number of rotatable bonds is 5. The molecular weight excluding hydrogens is 355 g/mol. The summed E-state index contributed by atoms with van der Waals surface area (Å²) in [5.74, 6) is -0.808. The second-order valence-electron chi connectivity index (χ2n) is 5.11. The average Bonchev–Trinajstić information content (AvgIpc) is 2.86. The highest BCUT2D eigenvalue weighted by atomic mass is 35.5. The smallest absolute Gasteiger partial charge is 0.344 e. The third kappa shape index (κ3) is 4.27. The van der Waals surface area contributed by atoms with Gasteiger partial charge in [0, 0.05) is 15.7 Å². The van der Waals surface area contributed by atoms with Crippen LogP contribution in [-0.2, 0) is 16.0 Å². The van der Waals surface area contributed by atoms with Gasteiger partial charge in [-0.1, -0.05) is 35.3 Å². The van der Waals surface area contributed by atoms with Gasteiger partial charge in [0.15, 0.2) is 6.10 Å². The summed E-state index contributed by atoms with van der Waals surface area (Å²) in [7, 11) is 0. The third-order valence-electron chi connectivity index (χ3n) is 3.26. The number of anilines is 1. The fourth-order valence-corrected chi connectivity index (χ4v) is 2.59. The number of esters is 1. The van der Waals surface area contributed by atoms with Gasteiger partial charge in [0.2, 0.25) is 0 Å². The van der Waals surface area contributed by atoms with Crippen molar-refractivity contribution in [2.45, 2.75) is 33.3 Å². The molecule has 24 heavy (non-hydrogen) atoms. The number of aryl methyl sites for hydroxylation is 2. The van der Waals surface area contributed by atoms with Crippen molar-refractivity contribution >= 4 is 40.8 Å². The van der Waals surface area contributed by atoms with Gasteiger partial charge in [-0.05, 0) is 38.5 Å². The molecule has 0 aliphatic heterocycles. The lowest BCUT2D eigenvalue weighted by atomic mass is 10.1. The summed E-state index contributed by atoms with van der Waals surface area (Å²) in [5, 5.41) is 7.15. The van der Waals surface area contributed by atoms with Gasteiger partial charge >= 0.3 is 5.97 Å². The monoisotopic (exact) mass is 370 g/mol. The number of aromatic nitrogens is 1. The van der Waals surface area contributed by atoms with Gasteiger partial charge in [-0.25, -0.2) is 4.79 Å². The van der Waals surface area contributed by atoms with Crippen LogP contribution in [0, 0.1) is 6.92 Å². The average molecular weight is 371 g/mol. The molecule has 0 radical (unpaired) electrons. The molecule has 0 unspecified atom stereocenters. The van der Waals surface area contributed by atoms with Crippen LogP contribution in [0.1, 0.15) is 35.7 Å². The summed E-state index contributed by atoms with van der Waals surface area (Å²) in [6, 6.07) is 4.63. The molecule has 0 spiro atoms. The van der Waals surface area contributed by atoms with E-state index in [-0.39, 0.29) is 5.56 Å². The van der Waals surface area contributed by atoms with E-state index in [2.05, 4.69) is 10.5 Å². The Morgan fingerprint density at radius 3 is 2.50 bits per heavy atom. The van der Waals surface area contributed by atoms with Gasteiger partial charge in [-0.15, -0.1) is 0 Å². The lowest BCUT2D eigenvalue weighted by Crippen LogP contribution is -2.30. The number of hydrogen-bond acceptors (Lipinski definition) is 5. The Bertz CT molecular complexity index is 753. The van der Waals surface area contributed by atoms with Crippen molar-refractivity contribution in [3.63, 3.8) is 0 Å². The van der Waals surface area contributed by atoms with Gasteiger partial charge in [0.25, 0.3) is 5.91 Å². The maximum atomic E-state index is 12.2.